The second kappa shape index (κ2) is 17.5. The van der Waals surface area contributed by atoms with Gasteiger partial charge in [0, 0.05) is 28.1 Å². The summed E-state index contributed by atoms with van der Waals surface area (Å²) in [5, 5.41) is 6.25. The van der Waals surface area contributed by atoms with Gasteiger partial charge in [-0.1, -0.05) is 152 Å². The number of hydrogen-bond donors (Lipinski definition) is 0. The van der Waals surface area contributed by atoms with Crippen LogP contribution in [0.25, 0.3) is 56.7 Å². The highest BCUT2D eigenvalue weighted by Crippen LogP contribution is 2.42. The fourth-order valence-corrected chi connectivity index (χ4v) is 8.81. The van der Waals surface area contributed by atoms with E-state index in [2.05, 4.69) is 202 Å². The normalized spacial score (nSPS) is 14.1. The Hall–Kier alpha value is -6.27. The number of para-hydroxylation sites is 1. The van der Waals surface area contributed by atoms with Gasteiger partial charge in [-0.2, -0.15) is 0 Å². The highest BCUT2D eigenvalue weighted by atomic mass is 32.2. The lowest BCUT2D eigenvalue weighted by atomic mass is 9.97. The molecule has 0 spiro atoms. The van der Waals surface area contributed by atoms with E-state index >= 15 is 0 Å². The van der Waals surface area contributed by atoms with Crippen LogP contribution in [-0.2, 0) is 12.8 Å². The van der Waals surface area contributed by atoms with Crippen molar-refractivity contribution in [2.24, 2.45) is 0 Å². The minimum Gasteiger partial charge on any atom is -0.310 e. The molecule has 0 amide bonds. The average molecular weight is 742 g/mol. The summed E-state index contributed by atoms with van der Waals surface area (Å²) in [5.41, 5.74) is 13.1. The summed E-state index contributed by atoms with van der Waals surface area (Å²) in [4.78, 5) is 2.79. The summed E-state index contributed by atoms with van der Waals surface area (Å²) >= 11 is 1.90. The van der Waals surface area contributed by atoms with Crippen LogP contribution in [0, 0.1) is 12.8 Å². The number of nitrogens with zero attached hydrogens (tertiary/aromatic N) is 1. The molecule has 9 rings (SSSR count). The summed E-state index contributed by atoms with van der Waals surface area (Å²) < 4.78 is 2.42. The van der Waals surface area contributed by atoms with Crippen molar-refractivity contribution in [3.05, 3.63) is 208 Å². The van der Waals surface area contributed by atoms with E-state index in [0.29, 0.717) is 0 Å². The Balaban J connectivity index is 0.000000193. The first-order chi connectivity index (χ1) is 27.4. The van der Waals surface area contributed by atoms with Crippen molar-refractivity contribution in [2.75, 3.05) is 0 Å². The van der Waals surface area contributed by atoms with Crippen molar-refractivity contribution in [1.29, 1.82) is 0 Å². The number of benzene rings is 6. The third-order valence-electron chi connectivity index (χ3n) is 10.5. The Morgan fingerprint density at radius 1 is 0.786 bits per heavy atom. The number of allylic oxidation sites excluding steroid dienone is 6. The maximum absolute atomic E-state index is 4.13. The van der Waals surface area contributed by atoms with Crippen molar-refractivity contribution in [3.8, 4) is 29.7 Å². The minimum atomic E-state index is 0.944. The van der Waals surface area contributed by atoms with Crippen LogP contribution in [0.15, 0.2) is 180 Å². The molecule has 0 saturated carbocycles. The topological polar surface area (TPSA) is 4.93 Å². The Morgan fingerprint density at radius 3 is 2.34 bits per heavy atom. The second-order valence-electron chi connectivity index (χ2n) is 14.3. The molecule has 0 saturated heterocycles. The first-order valence-electron chi connectivity index (χ1n) is 19.2. The average Bonchev–Trinajstić information content (AvgIpc) is 3.81. The number of thioether (sulfide) groups is 1. The van der Waals surface area contributed by atoms with Crippen molar-refractivity contribution in [3.63, 3.8) is 0 Å². The predicted octanol–water partition coefficient (Wildman–Crippen LogP) is 13.0. The Labute approximate surface area is 336 Å². The molecule has 56 heavy (non-hydrogen) atoms. The number of hydrogen-bond acceptors (Lipinski definition) is 1. The molecular formula is C54H47NS. The number of aryl methyl sites for hydroxylation is 1. The Morgan fingerprint density at radius 2 is 1.52 bits per heavy atom. The SMILES string of the molecule is C#C.C=C(C)C/C=C\C=C1/Cc2cc(-c3ccc4c(c3)c3c(n4-c4ccccc4)C=CCC3)ccc2S1.C=c1cccc/c1=C(/C)c1cccc2ccccc12. The monoisotopic (exact) mass is 741 g/mol. The van der Waals surface area contributed by atoms with Crippen molar-refractivity contribution in [1.82, 2.24) is 4.57 Å². The fourth-order valence-electron chi connectivity index (χ4n) is 7.75. The number of aromatic nitrogens is 1. The smallest absolute Gasteiger partial charge is 0.0538 e. The third kappa shape index (κ3) is 8.06. The lowest BCUT2D eigenvalue weighted by molar-refractivity contribution is 0.967. The molecule has 0 N–H and O–H groups in total. The molecule has 1 nitrogen and oxygen atoms in total. The zero-order valence-corrected chi connectivity index (χ0v) is 33.2. The van der Waals surface area contributed by atoms with Gasteiger partial charge < -0.3 is 4.57 Å². The van der Waals surface area contributed by atoms with Gasteiger partial charge in [0.05, 0.1) is 5.52 Å². The molecule has 0 unspecified atom stereocenters. The minimum absolute atomic E-state index is 0.944. The van der Waals surface area contributed by atoms with Gasteiger partial charge in [0.2, 0.25) is 0 Å². The Bertz CT molecular complexity index is 2780. The quantitative estimate of drug-likeness (QED) is 0.121. The van der Waals surface area contributed by atoms with Gasteiger partial charge in [-0.15, -0.1) is 12.8 Å². The molecule has 2 aliphatic rings. The molecular weight excluding hydrogens is 695 g/mol. The zero-order valence-electron chi connectivity index (χ0n) is 32.3. The van der Waals surface area contributed by atoms with Crippen molar-refractivity contribution in [2.45, 2.75) is 44.4 Å². The molecule has 7 aromatic rings. The highest BCUT2D eigenvalue weighted by molar-refractivity contribution is 8.03. The molecule has 2 heteroatoms. The summed E-state index contributed by atoms with van der Waals surface area (Å²) in [6.45, 7) is 12.3. The highest BCUT2D eigenvalue weighted by Gasteiger charge is 2.20. The molecule has 6 aromatic carbocycles. The van der Waals surface area contributed by atoms with Crippen molar-refractivity contribution < 1.29 is 0 Å². The van der Waals surface area contributed by atoms with E-state index in [0.717, 1.165) is 30.9 Å². The third-order valence-corrected chi connectivity index (χ3v) is 11.6. The summed E-state index contributed by atoms with van der Waals surface area (Å²) in [5.74, 6) is 0. The van der Waals surface area contributed by atoms with Crippen LogP contribution in [0.4, 0.5) is 0 Å². The first-order valence-corrected chi connectivity index (χ1v) is 20.0. The molecule has 0 radical (unpaired) electrons. The van der Waals surface area contributed by atoms with Crippen LogP contribution in [-0.4, -0.2) is 4.57 Å². The lowest BCUT2D eigenvalue weighted by Gasteiger charge is -2.11. The van der Waals surface area contributed by atoms with E-state index in [1.54, 1.807) is 0 Å². The van der Waals surface area contributed by atoms with E-state index in [1.807, 2.05) is 17.8 Å². The number of rotatable bonds is 6. The van der Waals surface area contributed by atoms with Gasteiger partial charge in [0.1, 0.15) is 0 Å². The van der Waals surface area contributed by atoms with E-state index in [9.17, 15) is 0 Å². The van der Waals surface area contributed by atoms with Crippen LogP contribution in [0.3, 0.4) is 0 Å². The first kappa shape index (κ1) is 38.0. The van der Waals surface area contributed by atoms with Crippen LogP contribution < -0.4 is 10.4 Å². The standard InChI is InChI=1S/C33H29NS.C19H16.C2H2/c1-23(2)10-6-7-13-28-21-26-20-24(17-19-33(26)35-28)25-16-18-32-30(22-25)29-14-8-9-15-31(29)34(32)27-11-4-3-5-12-27;1-14-8-3-5-11-17(14)15(2)18-13-7-10-16-9-4-6-12-19(16)18;1-2/h3-7,9,11-13,15-20,22H,1,8,10,14,21H2,2H3;3-13H,1H2,2H3;1-2H/b7-6-,28-13+;17-15+;. The van der Waals surface area contributed by atoms with E-state index in [1.165, 1.54) is 87.0 Å². The van der Waals surface area contributed by atoms with Crippen LogP contribution >= 0.6 is 11.8 Å². The summed E-state index contributed by atoms with van der Waals surface area (Å²) in [7, 11) is 0. The van der Waals surface area contributed by atoms with Gasteiger partial charge in [0.15, 0.2) is 0 Å². The summed E-state index contributed by atoms with van der Waals surface area (Å²) in [6, 6.07) is 48.0. The second-order valence-corrected chi connectivity index (χ2v) is 15.5. The van der Waals surface area contributed by atoms with Crippen LogP contribution in [0.1, 0.15) is 49.1 Å². The van der Waals surface area contributed by atoms with E-state index < -0.39 is 0 Å². The van der Waals surface area contributed by atoms with Gasteiger partial charge in [-0.25, -0.2) is 0 Å². The van der Waals surface area contributed by atoms with Gasteiger partial charge in [0.25, 0.3) is 0 Å². The van der Waals surface area contributed by atoms with Crippen molar-refractivity contribution >= 4 is 51.7 Å². The maximum Gasteiger partial charge on any atom is 0.0538 e. The maximum atomic E-state index is 4.13. The van der Waals surface area contributed by atoms with Crippen LogP contribution in [0.2, 0.25) is 0 Å². The summed E-state index contributed by atoms with van der Waals surface area (Å²) in [6.07, 6.45) is 23.4. The van der Waals surface area contributed by atoms with E-state index in [-0.39, 0.29) is 0 Å². The largest absolute Gasteiger partial charge is 0.310 e. The van der Waals surface area contributed by atoms with Gasteiger partial charge >= 0.3 is 0 Å². The van der Waals surface area contributed by atoms with E-state index in [4.69, 9.17) is 0 Å². The predicted molar refractivity (Wildman–Crippen MR) is 246 cm³/mol. The van der Waals surface area contributed by atoms with Gasteiger partial charge in [-0.3, -0.25) is 0 Å². The number of fused-ring (bicyclic) bond motifs is 5. The van der Waals surface area contributed by atoms with Gasteiger partial charge in [-0.05, 0) is 135 Å². The molecule has 2 heterocycles. The molecule has 0 atom stereocenters. The number of terminal acetylenes is 1. The molecule has 1 aliphatic heterocycles. The fraction of sp³-hybridized carbons (Fsp3) is 0.111. The zero-order chi connectivity index (χ0) is 39.0. The van der Waals surface area contributed by atoms with Crippen LogP contribution in [0.5, 0.6) is 0 Å². The lowest BCUT2D eigenvalue weighted by Crippen LogP contribution is -2.24. The Kier molecular flexibility index (Phi) is 11.9. The molecule has 1 aliphatic carbocycles. The molecule has 274 valence electrons. The molecule has 1 aromatic heterocycles. The molecule has 0 bridgehead atoms. The molecule has 0 fully saturated rings.